The fourth-order valence-electron chi connectivity index (χ4n) is 10.0. The number of hydrogen-bond acceptors (Lipinski definition) is 4. The number of allylic oxidation sites excluding steroid dienone is 6. The van der Waals surface area contributed by atoms with Crippen LogP contribution in [0.15, 0.2) is 102 Å². The monoisotopic (exact) mass is 638 g/mol. The van der Waals surface area contributed by atoms with Crippen molar-refractivity contribution in [3.63, 3.8) is 0 Å². The maximum Gasteiger partial charge on any atom is 0.0882 e. The fraction of sp³-hybridized carbons (Fsp3) is 0.455. The third kappa shape index (κ3) is 5.91. The van der Waals surface area contributed by atoms with Gasteiger partial charge in [-0.1, -0.05) is 98.0 Å². The van der Waals surface area contributed by atoms with E-state index in [4.69, 9.17) is 0 Å². The molecule has 2 aliphatic heterocycles. The molecule has 3 aromatic rings. The number of fused-ring (bicyclic) bond motifs is 3. The molecule has 8 unspecified atom stereocenters. The molecule has 8 atom stereocenters. The average Bonchev–Trinajstić information content (AvgIpc) is 3.12. The molecule has 0 aromatic heterocycles. The van der Waals surface area contributed by atoms with Gasteiger partial charge in [-0.2, -0.15) is 0 Å². The molecule has 1 fully saturated rings. The van der Waals surface area contributed by atoms with E-state index < -0.39 is 0 Å². The molecule has 4 nitrogen and oxygen atoms in total. The van der Waals surface area contributed by atoms with Gasteiger partial charge in [0.15, 0.2) is 0 Å². The molecule has 0 bridgehead atoms. The van der Waals surface area contributed by atoms with Gasteiger partial charge in [-0.05, 0) is 128 Å². The van der Waals surface area contributed by atoms with E-state index >= 15 is 0 Å². The van der Waals surface area contributed by atoms with Crippen LogP contribution in [0.2, 0.25) is 0 Å². The molecule has 5 aliphatic rings. The first-order chi connectivity index (χ1) is 23.5. The standard InChI is InChI=1S/C44H54N4/c1-28-25-29(2)45-30(3)41(28)38-24-23-34(27-40(38)39-26-33-19-11-12-20-35(33)36-21-13-14-22-37(36)39)42-46-43(31-15-7-5-8-16-31)48(4)44(47-42)32-17-9-6-10-18-32/h5,7-9,11,13-17,19,21-22,24,26,28-29,32,34,40,42-47H,6,10,12,18,20,23,25,27H2,1-4H3. The molecule has 250 valence electrons. The summed E-state index contributed by atoms with van der Waals surface area (Å²) in [4.78, 5) is 2.56. The molecular weight excluding hydrogens is 585 g/mol. The van der Waals surface area contributed by atoms with Gasteiger partial charge in [0.2, 0.25) is 0 Å². The Morgan fingerprint density at radius 1 is 0.875 bits per heavy atom. The molecule has 0 amide bonds. The van der Waals surface area contributed by atoms with Crippen molar-refractivity contribution in [2.75, 3.05) is 7.05 Å². The van der Waals surface area contributed by atoms with Crippen LogP contribution in [0.1, 0.15) is 100 Å². The lowest BCUT2D eigenvalue weighted by Gasteiger charge is -2.51. The van der Waals surface area contributed by atoms with Crippen LogP contribution in [0.4, 0.5) is 0 Å². The first-order valence-corrected chi connectivity index (χ1v) is 18.8. The van der Waals surface area contributed by atoms with E-state index in [9.17, 15) is 0 Å². The van der Waals surface area contributed by atoms with Gasteiger partial charge >= 0.3 is 0 Å². The Bertz CT molecular complexity index is 1770. The van der Waals surface area contributed by atoms with Crippen LogP contribution < -0.4 is 16.0 Å². The minimum absolute atomic E-state index is 0.172. The Morgan fingerprint density at radius 3 is 2.48 bits per heavy atom. The van der Waals surface area contributed by atoms with Gasteiger partial charge in [-0.15, -0.1) is 0 Å². The van der Waals surface area contributed by atoms with Gasteiger partial charge in [-0.25, -0.2) is 0 Å². The molecular formula is C44H54N4. The fourth-order valence-corrected chi connectivity index (χ4v) is 10.0. The second-order valence-corrected chi connectivity index (χ2v) is 15.4. The van der Waals surface area contributed by atoms with Crippen molar-refractivity contribution in [2.24, 2.45) is 17.8 Å². The van der Waals surface area contributed by atoms with Crippen LogP contribution in [0, 0.1) is 17.8 Å². The van der Waals surface area contributed by atoms with Gasteiger partial charge in [-0.3, -0.25) is 15.5 Å². The maximum absolute atomic E-state index is 4.22. The SMILES string of the molecule is CC1=C(C2=CCC(C3NC(c4ccccc4)N(C)C(C4C=CCCC4)N3)CC2c2cc3c(c4ccccc24)CCC=C3)C(C)CC(C)N1. The lowest BCUT2D eigenvalue weighted by Crippen LogP contribution is -2.67. The highest BCUT2D eigenvalue weighted by molar-refractivity contribution is 5.93. The number of nitrogens with one attached hydrogen (secondary N) is 3. The van der Waals surface area contributed by atoms with Gasteiger partial charge in [0.25, 0.3) is 0 Å². The second kappa shape index (κ2) is 13.5. The summed E-state index contributed by atoms with van der Waals surface area (Å²) < 4.78 is 0. The minimum atomic E-state index is 0.172. The van der Waals surface area contributed by atoms with Crippen LogP contribution in [-0.4, -0.2) is 30.3 Å². The summed E-state index contributed by atoms with van der Waals surface area (Å²) in [5, 5.41) is 15.1. The summed E-state index contributed by atoms with van der Waals surface area (Å²) in [6.45, 7) is 7.12. The van der Waals surface area contributed by atoms with E-state index in [1.807, 2.05) is 0 Å². The summed E-state index contributed by atoms with van der Waals surface area (Å²) in [6.07, 6.45) is 22.4. The van der Waals surface area contributed by atoms with Crippen molar-refractivity contribution in [1.29, 1.82) is 0 Å². The average molecular weight is 639 g/mol. The van der Waals surface area contributed by atoms with Gasteiger partial charge in [0.1, 0.15) is 0 Å². The number of benzene rings is 3. The number of rotatable bonds is 5. The van der Waals surface area contributed by atoms with Crippen molar-refractivity contribution in [1.82, 2.24) is 20.9 Å². The Balaban J connectivity index is 1.22. The van der Waals surface area contributed by atoms with Gasteiger partial charge in [0, 0.05) is 23.6 Å². The van der Waals surface area contributed by atoms with E-state index in [1.54, 1.807) is 11.1 Å². The quantitative estimate of drug-likeness (QED) is 0.244. The van der Waals surface area contributed by atoms with Crippen molar-refractivity contribution in [3.05, 3.63) is 124 Å². The normalized spacial score (nSPS) is 32.5. The zero-order valence-electron chi connectivity index (χ0n) is 29.4. The van der Waals surface area contributed by atoms with E-state index in [1.165, 1.54) is 64.4 Å². The van der Waals surface area contributed by atoms with E-state index in [0.29, 0.717) is 35.9 Å². The zero-order chi connectivity index (χ0) is 32.8. The molecule has 3 aromatic carbocycles. The zero-order valence-corrected chi connectivity index (χ0v) is 29.4. The predicted molar refractivity (Wildman–Crippen MR) is 201 cm³/mol. The predicted octanol–water partition coefficient (Wildman–Crippen LogP) is 9.34. The minimum Gasteiger partial charge on any atom is -0.386 e. The third-order valence-electron chi connectivity index (χ3n) is 12.2. The van der Waals surface area contributed by atoms with Crippen molar-refractivity contribution >= 4 is 16.8 Å². The summed E-state index contributed by atoms with van der Waals surface area (Å²) in [7, 11) is 2.31. The smallest absolute Gasteiger partial charge is 0.0882 e. The Morgan fingerprint density at radius 2 is 1.69 bits per heavy atom. The highest BCUT2D eigenvalue weighted by Crippen LogP contribution is 2.49. The molecule has 0 saturated carbocycles. The summed E-state index contributed by atoms with van der Waals surface area (Å²) in [5.74, 6) is 1.86. The third-order valence-corrected chi connectivity index (χ3v) is 12.2. The van der Waals surface area contributed by atoms with Crippen LogP contribution in [-0.2, 0) is 6.42 Å². The molecule has 0 spiro atoms. The van der Waals surface area contributed by atoms with E-state index in [0.717, 1.165) is 25.7 Å². The van der Waals surface area contributed by atoms with E-state index in [2.05, 4.69) is 140 Å². The molecule has 1 saturated heterocycles. The highest BCUT2D eigenvalue weighted by atomic mass is 15.4. The lowest BCUT2D eigenvalue weighted by molar-refractivity contribution is -0.000860. The first kappa shape index (κ1) is 31.8. The Hall–Kier alpha value is -3.44. The number of hydrogen-bond donors (Lipinski definition) is 3. The molecule has 3 N–H and O–H groups in total. The molecule has 0 radical (unpaired) electrons. The van der Waals surface area contributed by atoms with Crippen LogP contribution >= 0.6 is 0 Å². The van der Waals surface area contributed by atoms with Crippen LogP contribution in [0.25, 0.3) is 16.8 Å². The first-order valence-electron chi connectivity index (χ1n) is 18.8. The molecule has 48 heavy (non-hydrogen) atoms. The molecule has 4 heteroatoms. The van der Waals surface area contributed by atoms with Crippen molar-refractivity contribution in [2.45, 2.75) is 103 Å². The molecule has 8 rings (SSSR count). The Labute approximate surface area is 288 Å². The largest absolute Gasteiger partial charge is 0.386 e. The topological polar surface area (TPSA) is 39.3 Å². The summed E-state index contributed by atoms with van der Waals surface area (Å²) in [6, 6.07) is 23.5. The number of nitrogens with zero attached hydrogens (tertiary/aromatic N) is 1. The molecule has 3 aliphatic carbocycles. The lowest BCUT2D eigenvalue weighted by atomic mass is 9.68. The Kier molecular flexibility index (Phi) is 8.92. The van der Waals surface area contributed by atoms with Crippen molar-refractivity contribution < 1.29 is 0 Å². The van der Waals surface area contributed by atoms with E-state index in [-0.39, 0.29) is 12.3 Å². The van der Waals surface area contributed by atoms with Crippen LogP contribution in [0.3, 0.4) is 0 Å². The molecule has 2 heterocycles. The second-order valence-electron chi connectivity index (χ2n) is 15.4. The van der Waals surface area contributed by atoms with Gasteiger partial charge < -0.3 is 5.32 Å². The van der Waals surface area contributed by atoms with Crippen molar-refractivity contribution in [3.8, 4) is 0 Å². The van der Waals surface area contributed by atoms with Gasteiger partial charge in [0.05, 0.1) is 18.5 Å². The summed E-state index contributed by atoms with van der Waals surface area (Å²) in [5.41, 5.74) is 10.3. The highest BCUT2D eigenvalue weighted by Gasteiger charge is 2.42. The van der Waals surface area contributed by atoms with Crippen LogP contribution in [0.5, 0.6) is 0 Å². The maximum atomic E-state index is 4.22. The summed E-state index contributed by atoms with van der Waals surface area (Å²) >= 11 is 0. The number of aryl methyl sites for hydroxylation is 1.